The molecular formula is C48H76N6O12. The first-order valence-electron chi connectivity index (χ1n) is 23.4. The number of methoxy groups -OCH3 is 2. The number of rotatable bonds is 25. The maximum atomic E-state index is 14.5. The van der Waals surface area contributed by atoms with E-state index in [1.165, 1.54) is 26.2 Å². The molecule has 0 aliphatic carbocycles. The fourth-order valence-electron chi connectivity index (χ4n) is 9.10. The van der Waals surface area contributed by atoms with Gasteiger partial charge in [0.15, 0.2) is 0 Å². The number of likely N-dealkylation sites (N-methyl/N-ethyl adjacent to an activating group) is 2. The Balaban J connectivity index is 1.71. The van der Waals surface area contributed by atoms with Gasteiger partial charge in [-0.2, -0.15) is 0 Å². The predicted octanol–water partition coefficient (Wildman–Crippen LogP) is 3.55. The summed E-state index contributed by atoms with van der Waals surface area (Å²) < 4.78 is 12.0. The first kappa shape index (κ1) is 55.4. The first-order chi connectivity index (χ1) is 31.1. The molecule has 2 heterocycles. The van der Waals surface area contributed by atoms with Crippen molar-refractivity contribution >= 4 is 47.3 Å². The highest BCUT2D eigenvalue weighted by Crippen LogP contribution is 2.30. The molecule has 2 aliphatic heterocycles. The minimum absolute atomic E-state index is 0.0367. The van der Waals surface area contributed by atoms with Gasteiger partial charge in [-0.1, -0.05) is 85.2 Å². The van der Waals surface area contributed by atoms with Crippen LogP contribution in [0.15, 0.2) is 30.3 Å². The predicted molar refractivity (Wildman–Crippen MR) is 244 cm³/mol. The van der Waals surface area contributed by atoms with Gasteiger partial charge in [-0.3, -0.25) is 33.6 Å². The Morgan fingerprint density at radius 2 is 1.45 bits per heavy atom. The summed E-state index contributed by atoms with van der Waals surface area (Å²) in [7, 11) is 6.15. The van der Waals surface area contributed by atoms with Crippen LogP contribution in [0, 0.1) is 23.7 Å². The average molecular weight is 929 g/mol. The molecule has 2 fully saturated rings. The summed E-state index contributed by atoms with van der Waals surface area (Å²) in [6.45, 7) is 15.1. The third-order valence-corrected chi connectivity index (χ3v) is 13.2. The molecule has 66 heavy (non-hydrogen) atoms. The summed E-state index contributed by atoms with van der Waals surface area (Å²) >= 11 is 0. The Labute approximate surface area is 390 Å². The van der Waals surface area contributed by atoms with Crippen LogP contribution < -0.4 is 10.6 Å². The van der Waals surface area contributed by atoms with Gasteiger partial charge in [-0.05, 0) is 49.5 Å². The van der Waals surface area contributed by atoms with Crippen molar-refractivity contribution in [3.05, 3.63) is 35.9 Å². The number of imide groups is 1. The Morgan fingerprint density at radius 1 is 0.833 bits per heavy atom. The SMILES string of the molecule is CCC(C)[C@@H]([C@@H](CC(=O)N1CCC[C@H]1[C@H](OC)[C@@H](C)C(=O)N[C@H](C)[C@@H](O)c1ccccc1)OC)N(C)C(=O)[C@@H](NC(=O)[C@H](C(C)C)N(C)C(=O)CCCC(=O)ON1C(=O)CCC1=O)C(C)C. The van der Waals surface area contributed by atoms with E-state index in [-0.39, 0.29) is 68.1 Å². The van der Waals surface area contributed by atoms with E-state index < -0.39 is 89.9 Å². The Hall–Kier alpha value is -4.94. The van der Waals surface area contributed by atoms with Crippen LogP contribution in [0.4, 0.5) is 0 Å². The van der Waals surface area contributed by atoms with E-state index in [1.54, 1.807) is 70.5 Å². The number of aliphatic hydroxyl groups excluding tert-OH is 1. The summed E-state index contributed by atoms with van der Waals surface area (Å²) in [6.07, 6.45) is -0.788. The number of benzene rings is 1. The molecule has 1 unspecified atom stereocenters. The number of nitrogens with zero attached hydrogens (tertiary/aromatic N) is 4. The van der Waals surface area contributed by atoms with Crippen molar-refractivity contribution in [2.75, 3.05) is 34.9 Å². The van der Waals surface area contributed by atoms with Crippen LogP contribution in [0.5, 0.6) is 0 Å². The van der Waals surface area contributed by atoms with Crippen LogP contribution >= 0.6 is 0 Å². The van der Waals surface area contributed by atoms with E-state index in [0.717, 1.165) is 0 Å². The van der Waals surface area contributed by atoms with Crippen molar-refractivity contribution in [1.82, 2.24) is 30.4 Å². The van der Waals surface area contributed by atoms with E-state index in [9.17, 15) is 43.5 Å². The molecule has 1 aromatic carbocycles. The molecule has 0 aromatic heterocycles. The summed E-state index contributed by atoms with van der Waals surface area (Å²) in [5.41, 5.74) is 0.679. The van der Waals surface area contributed by atoms with Gasteiger partial charge in [-0.25, -0.2) is 4.79 Å². The fourth-order valence-corrected chi connectivity index (χ4v) is 9.10. The third kappa shape index (κ3) is 14.3. The summed E-state index contributed by atoms with van der Waals surface area (Å²) in [4.78, 5) is 115. The van der Waals surface area contributed by atoms with Crippen molar-refractivity contribution in [3.63, 3.8) is 0 Å². The zero-order valence-corrected chi connectivity index (χ0v) is 41.1. The van der Waals surface area contributed by atoms with E-state index in [4.69, 9.17) is 14.3 Å². The standard InChI is InChI=1S/C48H76N6O12/c1-13-30(6)43(35(64-11)27-39(58)53-26-18-21-34(53)45(65-12)31(7)46(61)49-32(8)44(60)33-19-15-14-16-20-33)52(10)48(63)41(28(2)3)50-47(62)42(29(4)5)51(9)36(55)22-17-23-40(59)66-54-37(56)24-25-38(54)57/h14-16,19-20,28-32,34-35,41-45,60H,13,17-18,21-27H2,1-12H3,(H,49,61)(H,50,62)/t30?,31-,32-,34+,35-,41+,42+,43+,44-,45-/m1/s1. The van der Waals surface area contributed by atoms with Crippen LogP contribution in [0.1, 0.15) is 125 Å². The zero-order valence-electron chi connectivity index (χ0n) is 41.1. The lowest BCUT2D eigenvalue weighted by atomic mass is 9.89. The molecule has 10 atom stereocenters. The number of ether oxygens (including phenoxy) is 2. The number of hydrogen-bond donors (Lipinski definition) is 3. The quantitative estimate of drug-likeness (QED) is 0.120. The van der Waals surface area contributed by atoms with Gasteiger partial charge in [-0.15, -0.1) is 5.06 Å². The molecule has 0 spiro atoms. The Kier molecular flexibility index (Phi) is 21.7. The molecular weight excluding hydrogens is 853 g/mol. The van der Waals surface area contributed by atoms with Crippen molar-refractivity contribution in [2.24, 2.45) is 23.7 Å². The second-order valence-electron chi connectivity index (χ2n) is 18.6. The van der Waals surface area contributed by atoms with Gasteiger partial charge in [0.05, 0.1) is 48.8 Å². The minimum Gasteiger partial charge on any atom is -0.386 e. The van der Waals surface area contributed by atoms with Crippen molar-refractivity contribution in [1.29, 1.82) is 0 Å². The number of amides is 7. The van der Waals surface area contributed by atoms with E-state index in [0.29, 0.717) is 36.4 Å². The van der Waals surface area contributed by atoms with E-state index in [2.05, 4.69) is 10.6 Å². The van der Waals surface area contributed by atoms with Crippen LogP contribution in [-0.4, -0.2) is 149 Å². The highest BCUT2D eigenvalue weighted by Gasteiger charge is 2.44. The Morgan fingerprint density at radius 3 is 2.00 bits per heavy atom. The highest BCUT2D eigenvalue weighted by molar-refractivity contribution is 6.01. The molecule has 370 valence electrons. The maximum absolute atomic E-state index is 14.5. The lowest BCUT2D eigenvalue weighted by Gasteiger charge is -2.41. The number of carbonyl (C=O) groups is 8. The monoisotopic (exact) mass is 929 g/mol. The molecule has 0 saturated carbocycles. The third-order valence-electron chi connectivity index (χ3n) is 13.2. The molecule has 0 radical (unpaired) electrons. The molecule has 3 N–H and O–H groups in total. The molecule has 18 nitrogen and oxygen atoms in total. The lowest BCUT2D eigenvalue weighted by Crippen LogP contribution is -2.60. The Bertz CT molecular complexity index is 1810. The maximum Gasteiger partial charge on any atom is 0.333 e. The number of hydroxylamine groups is 2. The lowest BCUT2D eigenvalue weighted by molar-refractivity contribution is -0.197. The molecule has 0 bridgehead atoms. The van der Waals surface area contributed by atoms with Gasteiger partial charge in [0.1, 0.15) is 12.1 Å². The van der Waals surface area contributed by atoms with E-state index in [1.807, 2.05) is 32.0 Å². The van der Waals surface area contributed by atoms with Crippen LogP contribution in [-0.2, 0) is 52.7 Å². The second-order valence-corrected chi connectivity index (χ2v) is 18.6. The molecule has 2 aliphatic rings. The normalized spacial score (nSPS) is 19.3. The molecule has 1 aromatic rings. The molecule has 2 saturated heterocycles. The second kappa shape index (κ2) is 25.8. The topological polar surface area (TPSA) is 221 Å². The largest absolute Gasteiger partial charge is 0.386 e. The van der Waals surface area contributed by atoms with Gasteiger partial charge < -0.3 is 44.8 Å². The van der Waals surface area contributed by atoms with E-state index >= 15 is 0 Å². The fraction of sp³-hybridized carbons (Fsp3) is 0.708. The van der Waals surface area contributed by atoms with Gasteiger partial charge in [0.2, 0.25) is 29.5 Å². The molecule has 7 amide bonds. The van der Waals surface area contributed by atoms with Gasteiger partial charge >= 0.3 is 5.97 Å². The van der Waals surface area contributed by atoms with Crippen molar-refractivity contribution < 1.29 is 57.8 Å². The smallest absolute Gasteiger partial charge is 0.333 e. The zero-order chi connectivity index (χ0) is 49.6. The number of hydrogen-bond acceptors (Lipinski definition) is 12. The summed E-state index contributed by atoms with van der Waals surface area (Å²) in [6, 6.07) is 5.52. The van der Waals surface area contributed by atoms with Crippen LogP contribution in [0.25, 0.3) is 0 Å². The molecule has 3 rings (SSSR count). The number of aliphatic hydroxyl groups is 1. The summed E-state index contributed by atoms with van der Waals surface area (Å²) in [5, 5.41) is 17.2. The van der Waals surface area contributed by atoms with Crippen molar-refractivity contribution in [2.45, 2.75) is 162 Å². The number of carbonyl (C=O) groups excluding carboxylic acids is 8. The van der Waals surface area contributed by atoms with Crippen LogP contribution in [0.2, 0.25) is 0 Å². The minimum atomic E-state index is -1.01. The number of likely N-dealkylation sites (tertiary alicyclic amines) is 1. The number of nitrogens with one attached hydrogen (secondary N) is 2. The molecule has 18 heteroatoms. The van der Waals surface area contributed by atoms with Crippen molar-refractivity contribution in [3.8, 4) is 0 Å². The highest BCUT2D eigenvalue weighted by atomic mass is 16.7. The van der Waals surface area contributed by atoms with Gasteiger partial charge in [0, 0.05) is 60.5 Å². The first-order valence-corrected chi connectivity index (χ1v) is 23.4. The van der Waals surface area contributed by atoms with Crippen LogP contribution in [0.3, 0.4) is 0 Å². The average Bonchev–Trinajstić information content (AvgIpc) is 3.90. The summed E-state index contributed by atoms with van der Waals surface area (Å²) in [5.74, 6) is -5.47. The van der Waals surface area contributed by atoms with Gasteiger partial charge in [0.25, 0.3) is 11.8 Å².